The third-order valence-electron chi connectivity index (χ3n) is 5.11. The number of carbonyl (C=O) groups is 1. The third kappa shape index (κ3) is 4.32. The minimum atomic E-state index is -0.546. The average molecular weight is 441 g/mol. The normalized spacial score (nSPS) is 16.8. The summed E-state index contributed by atoms with van der Waals surface area (Å²) in [6.07, 6.45) is 0. The fourth-order valence-corrected chi connectivity index (χ4v) is 3.72. The van der Waals surface area contributed by atoms with E-state index in [9.17, 15) is 9.18 Å². The lowest BCUT2D eigenvalue weighted by Gasteiger charge is -2.36. The van der Waals surface area contributed by atoms with Gasteiger partial charge in [-0.25, -0.2) is 9.18 Å². The predicted molar refractivity (Wildman–Crippen MR) is 117 cm³/mol. The van der Waals surface area contributed by atoms with E-state index in [1.165, 1.54) is 12.1 Å². The van der Waals surface area contributed by atoms with Gasteiger partial charge >= 0.3 is 6.03 Å². The highest BCUT2D eigenvalue weighted by molar-refractivity contribution is 6.30. The van der Waals surface area contributed by atoms with E-state index in [1.54, 1.807) is 29.2 Å². The Bertz CT molecular complexity index is 1120. The molecule has 1 aromatic heterocycles. The summed E-state index contributed by atoms with van der Waals surface area (Å²) in [5.41, 5.74) is 2.88. The van der Waals surface area contributed by atoms with Gasteiger partial charge in [0, 0.05) is 22.8 Å². The summed E-state index contributed by atoms with van der Waals surface area (Å²) in [6, 6.07) is 12.4. The molecular weight excluding hydrogens is 419 g/mol. The van der Waals surface area contributed by atoms with Gasteiger partial charge in [-0.05, 0) is 54.8 Å². The number of hydrogen-bond acceptors (Lipinski definition) is 4. The lowest BCUT2D eigenvalue weighted by molar-refractivity contribution is 0.199. The number of aromatic nitrogens is 2. The van der Waals surface area contributed by atoms with Crippen LogP contribution in [-0.2, 0) is 0 Å². The molecule has 0 saturated heterocycles. The molecule has 3 aromatic rings. The smallest absolute Gasteiger partial charge is 0.322 e. The first-order valence-corrected chi connectivity index (χ1v) is 10.4. The van der Waals surface area contributed by atoms with Crippen molar-refractivity contribution in [1.82, 2.24) is 20.4 Å². The van der Waals surface area contributed by atoms with Crippen LogP contribution < -0.4 is 5.32 Å². The zero-order valence-corrected chi connectivity index (χ0v) is 18.2. The highest BCUT2D eigenvalue weighted by Gasteiger charge is 2.35. The number of urea groups is 1. The molecule has 0 radical (unpaired) electrons. The Balaban J connectivity index is 1.80. The molecule has 2 aromatic carbocycles. The van der Waals surface area contributed by atoms with Gasteiger partial charge in [0.1, 0.15) is 5.82 Å². The van der Waals surface area contributed by atoms with Gasteiger partial charge in [-0.15, -0.1) is 0 Å². The molecule has 1 unspecified atom stereocenters. The molecule has 2 amide bonds. The third-order valence-corrected chi connectivity index (χ3v) is 5.36. The maximum Gasteiger partial charge on any atom is 0.322 e. The fourth-order valence-electron chi connectivity index (χ4n) is 3.60. The van der Waals surface area contributed by atoms with Crippen molar-refractivity contribution in [3.8, 4) is 11.4 Å². The molecule has 0 saturated carbocycles. The van der Waals surface area contributed by atoms with E-state index in [4.69, 9.17) is 16.1 Å². The molecule has 0 fully saturated rings. The topological polar surface area (TPSA) is 71.3 Å². The Labute approximate surface area is 184 Å². The van der Waals surface area contributed by atoms with Gasteiger partial charge in [0.05, 0.1) is 11.6 Å². The second-order valence-corrected chi connectivity index (χ2v) is 8.30. The molecule has 4 rings (SSSR count). The van der Waals surface area contributed by atoms with Crippen molar-refractivity contribution in [2.75, 3.05) is 6.54 Å². The number of amides is 2. The molecule has 0 bridgehead atoms. The van der Waals surface area contributed by atoms with Crippen molar-refractivity contribution in [2.45, 2.75) is 26.8 Å². The molecule has 8 heteroatoms. The summed E-state index contributed by atoms with van der Waals surface area (Å²) < 4.78 is 19.1. The summed E-state index contributed by atoms with van der Waals surface area (Å²) in [5.74, 6) is 0.622. The van der Waals surface area contributed by atoms with Crippen LogP contribution in [0.3, 0.4) is 0 Å². The highest BCUT2D eigenvalue weighted by Crippen LogP contribution is 2.37. The van der Waals surface area contributed by atoms with Crippen molar-refractivity contribution in [3.63, 3.8) is 0 Å². The first kappa shape index (κ1) is 21.1. The van der Waals surface area contributed by atoms with Crippen LogP contribution in [0.15, 0.2) is 58.8 Å². The molecule has 6 nitrogen and oxygen atoms in total. The first-order chi connectivity index (χ1) is 14.8. The summed E-state index contributed by atoms with van der Waals surface area (Å²) in [7, 11) is 0. The van der Waals surface area contributed by atoms with E-state index in [2.05, 4.69) is 15.5 Å². The summed E-state index contributed by atoms with van der Waals surface area (Å²) in [6.45, 7) is 6.48. The number of hydrogen-bond donors (Lipinski definition) is 1. The molecule has 0 spiro atoms. The number of nitrogens with zero attached hydrogens (tertiary/aromatic N) is 3. The quantitative estimate of drug-likeness (QED) is 0.553. The SMILES string of the molecule is CC1=C(c2nc(-c3ccc(Cl)cc3)no2)C(c2ccc(F)cc2)NC(=O)N1CC(C)C. The van der Waals surface area contributed by atoms with Gasteiger partial charge in [0.15, 0.2) is 0 Å². The van der Waals surface area contributed by atoms with Gasteiger partial charge < -0.3 is 9.84 Å². The molecule has 1 N–H and O–H groups in total. The molecule has 1 aliphatic rings. The van der Waals surface area contributed by atoms with Crippen molar-refractivity contribution in [1.29, 1.82) is 0 Å². The van der Waals surface area contributed by atoms with E-state index in [1.807, 2.05) is 32.9 Å². The fraction of sp³-hybridized carbons (Fsp3) is 0.261. The van der Waals surface area contributed by atoms with E-state index in [0.29, 0.717) is 28.9 Å². The van der Waals surface area contributed by atoms with Crippen LogP contribution in [0, 0.1) is 11.7 Å². The maximum atomic E-state index is 13.5. The molecule has 1 aliphatic heterocycles. The Morgan fingerprint density at radius 1 is 1.16 bits per heavy atom. The van der Waals surface area contributed by atoms with Gasteiger partial charge in [-0.2, -0.15) is 4.98 Å². The minimum Gasteiger partial charge on any atom is -0.334 e. The highest BCUT2D eigenvalue weighted by atomic mass is 35.5. The number of rotatable bonds is 5. The van der Waals surface area contributed by atoms with E-state index < -0.39 is 6.04 Å². The monoisotopic (exact) mass is 440 g/mol. The van der Waals surface area contributed by atoms with Gasteiger partial charge in [-0.1, -0.05) is 42.7 Å². The zero-order valence-electron chi connectivity index (χ0n) is 17.4. The lowest BCUT2D eigenvalue weighted by Crippen LogP contribution is -2.47. The number of carbonyl (C=O) groups excluding carboxylic acids is 1. The second-order valence-electron chi connectivity index (χ2n) is 7.87. The zero-order chi connectivity index (χ0) is 22.1. The number of allylic oxidation sites excluding steroid dienone is 1. The van der Waals surface area contributed by atoms with Crippen molar-refractivity contribution in [2.24, 2.45) is 5.92 Å². The van der Waals surface area contributed by atoms with Crippen LogP contribution in [0.2, 0.25) is 5.02 Å². The van der Waals surface area contributed by atoms with Gasteiger partial charge in [-0.3, -0.25) is 4.90 Å². The molecule has 1 atom stereocenters. The van der Waals surface area contributed by atoms with Crippen molar-refractivity contribution < 1.29 is 13.7 Å². The minimum absolute atomic E-state index is 0.221. The number of nitrogens with one attached hydrogen (secondary N) is 1. The van der Waals surface area contributed by atoms with Crippen LogP contribution in [0.1, 0.15) is 38.3 Å². The standard InChI is InChI=1S/C23H22ClFN4O2/c1-13(2)12-29-14(3)19(20(26-23(29)30)15-6-10-18(25)11-7-15)22-27-21(28-31-22)16-4-8-17(24)9-5-16/h4-11,13,20H,12H2,1-3H3,(H,26,30). The lowest BCUT2D eigenvalue weighted by atomic mass is 9.94. The summed E-state index contributed by atoms with van der Waals surface area (Å²) in [4.78, 5) is 19.1. The maximum absolute atomic E-state index is 13.5. The molecule has 2 heterocycles. The van der Waals surface area contributed by atoms with E-state index in [0.717, 1.165) is 16.8 Å². The van der Waals surface area contributed by atoms with Crippen LogP contribution in [0.25, 0.3) is 17.0 Å². The van der Waals surface area contributed by atoms with E-state index >= 15 is 0 Å². The van der Waals surface area contributed by atoms with Crippen LogP contribution in [0.4, 0.5) is 9.18 Å². The molecule has 0 aliphatic carbocycles. The molecular formula is C23H22ClFN4O2. The van der Waals surface area contributed by atoms with Crippen molar-refractivity contribution >= 4 is 23.2 Å². The first-order valence-electron chi connectivity index (χ1n) is 9.97. The predicted octanol–water partition coefficient (Wildman–Crippen LogP) is 5.68. The average Bonchev–Trinajstić information content (AvgIpc) is 3.21. The number of benzene rings is 2. The Morgan fingerprint density at radius 3 is 2.48 bits per heavy atom. The largest absolute Gasteiger partial charge is 0.334 e. The molecule has 160 valence electrons. The van der Waals surface area contributed by atoms with Gasteiger partial charge in [0.25, 0.3) is 5.89 Å². The van der Waals surface area contributed by atoms with Gasteiger partial charge in [0.2, 0.25) is 5.82 Å². The Hall–Kier alpha value is -3.19. The summed E-state index contributed by atoms with van der Waals surface area (Å²) in [5, 5.41) is 7.74. The summed E-state index contributed by atoms with van der Waals surface area (Å²) >= 11 is 5.97. The van der Waals surface area contributed by atoms with Crippen LogP contribution >= 0.6 is 11.6 Å². The van der Waals surface area contributed by atoms with Crippen LogP contribution in [0.5, 0.6) is 0 Å². The molecule has 31 heavy (non-hydrogen) atoms. The Morgan fingerprint density at radius 2 is 1.84 bits per heavy atom. The van der Waals surface area contributed by atoms with Crippen LogP contribution in [-0.4, -0.2) is 27.6 Å². The van der Waals surface area contributed by atoms with E-state index in [-0.39, 0.29) is 17.8 Å². The second kappa shape index (κ2) is 8.51. The van der Waals surface area contributed by atoms with Crippen molar-refractivity contribution in [3.05, 3.63) is 76.5 Å². The number of halogens is 2. The Kier molecular flexibility index (Phi) is 5.78.